The molecule has 2 aromatic carbocycles. The lowest BCUT2D eigenvalue weighted by molar-refractivity contribution is 0.0918. The quantitative estimate of drug-likeness (QED) is 0.461. The Morgan fingerprint density at radius 1 is 0.645 bits per heavy atom. The third kappa shape index (κ3) is 7.37. The van der Waals surface area contributed by atoms with Crippen molar-refractivity contribution in [2.45, 2.75) is 32.1 Å². The van der Waals surface area contributed by atoms with Gasteiger partial charge in [0, 0.05) is 25.5 Å². The Kier molecular flexibility index (Phi) is 8.80. The molecule has 0 aliphatic heterocycles. The second kappa shape index (κ2) is 12.3. The van der Waals surface area contributed by atoms with Crippen LogP contribution in [-0.4, -0.2) is 29.9 Å². The number of unbranched alkanes of at least 4 members (excludes halogenated alkanes) is 1. The molecule has 0 fully saturated rings. The van der Waals surface area contributed by atoms with Gasteiger partial charge < -0.3 is 10.6 Å². The number of carbonyl (C=O) groups is 2. The number of benzene rings is 2. The zero-order valence-corrected chi connectivity index (χ0v) is 17.7. The minimum absolute atomic E-state index is 0.246. The highest BCUT2D eigenvalue weighted by Gasteiger charge is 2.16. The molecular weight excluding hydrogens is 386 g/mol. The van der Waals surface area contributed by atoms with Gasteiger partial charge in [0.15, 0.2) is 0 Å². The van der Waals surface area contributed by atoms with Crippen LogP contribution >= 0.6 is 0 Å². The summed E-state index contributed by atoms with van der Waals surface area (Å²) in [5.74, 6) is -0.507. The second-order valence-electron chi connectivity index (χ2n) is 7.46. The SMILES string of the molecule is O=C(NCCCCc1ccccc1)c1cnccc1C(=O)NCCCc1ccccc1. The Morgan fingerprint density at radius 3 is 1.84 bits per heavy atom. The van der Waals surface area contributed by atoms with Crippen LogP contribution in [0.25, 0.3) is 0 Å². The van der Waals surface area contributed by atoms with Gasteiger partial charge in [0.05, 0.1) is 11.1 Å². The molecule has 2 N–H and O–H groups in total. The molecule has 0 spiro atoms. The van der Waals surface area contributed by atoms with Crippen LogP contribution in [0.3, 0.4) is 0 Å². The van der Waals surface area contributed by atoms with Crippen LogP contribution < -0.4 is 10.6 Å². The average Bonchev–Trinajstić information content (AvgIpc) is 2.82. The Balaban J connectivity index is 1.42. The summed E-state index contributed by atoms with van der Waals surface area (Å²) in [5.41, 5.74) is 3.21. The van der Waals surface area contributed by atoms with Crippen molar-refractivity contribution in [2.75, 3.05) is 13.1 Å². The molecule has 0 aliphatic rings. The molecule has 5 nitrogen and oxygen atoms in total. The normalized spacial score (nSPS) is 10.5. The summed E-state index contributed by atoms with van der Waals surface area (Å²) >= 11 is 0. The first-order valence-corrected chi connectivity index (χ1v) is 10.8. The highest BCUT2D eigenvalue weighted by molar-refractivity contribution is 6.06. The summed E-state index contributed by atoms with van der Waals surface area (Å²) in [4.78, 5) is 29.2. The molecule has 5 heteroatoms. The van der Waals surface area contributed by atoms with Gasteiger partial charge in [-0.2, -0.15) is 0 Å². The molecule has 0 aliphatic carbocycles. The largest absolute Gasteiger partial charge is 0.352 e. The number of carbonyl (C=O) groups excluding carboxylic acids is 2. The van der Waals surface area contributed by atoms with Crippen molar-refractivity contribution in [3.8, 4) is 0 Å². The van der Waals surface area contributed by atoms with Crippen LogP contribution in [0.4, 0.5) is 0 Å². The highest BCUT2D eigenvalue weighted by Crippen LogP contribution is 2.08. The highest BCUT2D eigenvalue weighted by atomic mass is 16.2. The Hall–Kier alpha value is -3.47. The van der Waals surface area contributed by atoms with Gasteiger partial charge in [-0.15, -0.1) is 0 Å². The van der Waals surface area contributed by atoms with Crippen molar-refractivity contribution in [3.63, 3.8) is 0 Å². The number of rotatable bonds is 11. The predicted molar refractivity (Wildman–Crippen MR) is 123 cm³/mol. The first kappa shape index (κ1) is 22.2. The standard InChI is InChI=1S/C26H29N3O2/c30-25(29-18-9-15-22-12-5-2-6-13-22)23-16-19-27-20-24(23)26(31)28-17-8-7-14-21-10-3-1-4-11-21/h1-6,10-13,16,19-20H,7-9,14-15,17-18H2,(H,28,31)(H,29,30). The van der Waals surface area contributed by atoms with Gasteiger partial charge >= 0.3 is 0 Å². The molecule has 0 atom stereocenters. The Labute approximate surface area is 183 Å². The number of aromatic nitrogens is 1. The molecule has 0 unspecified atom stereocenters. The van der Waals surface area contributed by atoms with E-state index in [2.05, 4.69) is 39.9 Å². The molecule has 0 bridgehead atoms. The number of amides is 2. The fraction of sp³-hybridized carbons (Fsp3) is 0.269. The van der Waals surface area contributed by atoms with Crippen LogP contribution in [0.1, 0.15) is 51.1 Å². The predicted octanol–water partition coefficient (Wildman–Crippen LogP) is 4.20. The zero-order chi connectivity index (χ0) is 21.7. The van der Waals surface area contributed by atoms with Crippen molar-refractivity contribution >= 4 is 11.8 Å². The fourth-order valence-electron chi connectivity index (χ4n) is 3.40. The van der Waals surface area contributed by atoms with E-state index in [1.54, 1.807) is 6.07 Å². The maximum absolute atomic E-state index is 12.6. The van der Waals surface area contributed by atoms with Crippen molar-refractivity contribution in [2.24, 2.45) is 0 Å². The lowest BCUT2D eigenvalue weighted by Gasteiger charge is -2.10. The molecule has 3 aromatic rings. The van der Waals surface area contributed by atoms with Gasteiger partial charge in [-0.25, -0.2) is 0 Å². The minimum atomic E-state index is -0.262. The van der Waals surface area contributed by atoms with E-state index in [0.717, 1.165) is 32.1 Å². The van der Waals surface area contributed by atoms with E-state index in [1.807, 2.05) is 36.4 Å². The van der Waals surface area contributed by atoms with E-state index >= 15 is 0 Å². The van der Waals surface area contributed by atoms with Crippen LogP contribution in [0.5, 0.6) is 0 Å². The van der Waals surface area contributed by atoms with Crippen LogP contribution in [0, 0.1) is 0 Å². The Morgan fingerprint density at radius 2 is 1.19 bits per heavy atom. The van der Waals surface area contributed by atoms with E-state index in [9.17, 15) is 9.59 Å². The lowest BCUT2D eigenvalue weighted by atomic mass is 10.1. The smallest absolute Gasteiger partial charge is 0.253 e. The maximum Gasteiger partial charge on any atom is 0.253 e. The van der Waals surface area contributed by atoms with Gasteiger partial charge in [-0.05, 0) is 49.3 Å². The van der Waals surface area contributed by atoms with E-state index in [4.69, 9.17) is 0 Å². The Bertz CT molecular complexity index is 959. The van der Waals surface area contributed by atoms with E-state index in [0.29, 0.717) is 24.2 Å². The summed E-state index contributed by atoms with van der Waals surface area (Å²) in [6, 6.07) is 22.1. The molecule has 2 amide bonds. The van der Waals surface area contributed by atoms with E-state index < -0.39 is 0 Å². The lowest BCUT2D eigenvalue weighted by Crippen LogP contribution is -2.30. The summed E-state index contributed by atoms with van der Waals surface area (Å²) < 4.78 is 0. The molecule has 0 saturated heterocycles. The zero-order valence-electron chi connectivity index (χ0n) is 17.7. The fourth-order valence-corrected chi connectivity index (χ4v) is 3.40. The first-order chi connectivity index (χ1) is 15.2. The molecular formula is C26H29N3O2. The van der Waals surface area contributed by atoms with Crippen LogP contribution in [0.2, 0.25) is 0 Å². The van der Waals surface area contributed by atoms with E-state index in [1.165, 1.54) is 23.5 Å². The maximum atomic E-state index is 12.6. The summed E-state index contributed by atoms with van der Waals surface area (Å²) in [5, 5.41) is 5.82. The van der Waals surface area contributed by atoms with Crippen molar-refractivity contribution in [1.29, 1.82) is 0 Å². The molecule has 3 rings (SSSR count). The molecule has 0 radical (unpaired) electrons. The third-order valence-corrected chi connectivity index (χ3v) is 5.10. The van der Waals surface area contributed by atoms with Gasteiger partial charge in [-0.3, -0.25) is 14.6 Å². The van der Waals surface area contributed by atoms with Gasteiger partial charge in [0.2, 0.25) is 0 Å². The number of aryl methyl sites for hydroxylation is 2. The van der Waals surface area contributed by atoms with Gasteiger partial charge in [-0.1, -0.05) is 60.7 Å². The molecule has 1 heterocycles. The van der Waals surface area contributed by atoms with Crippen molar-refractivity contribution in [3.05, 3.63) is 101 Å². The second-order valence-corrected chi connectivity index (χ2v) is 7.46. The molecule has 160 valence electrons. The van der Waals surface area contributed by atoms with Crippen molar-refractivity contribution < 1.29 is 9.59 Å². The summed E-state index contributed by atoms with van der Waals surface area (Å²) in [7, 11) is 0. The monoisotopic (exact) mass is 415 g/mol. The summed E-state index contributed by atoms with van der Waals surface area (Å²) in [6.45, 7) is 1.12. The first-order valence-electron chi connectivity index (χ1n) is 10.8. The van der Waals surface area contributed by atoms with Gasteiger partial charge in [0.1, 0.15) is 0 Å². The average molecular weight is 416 g/mol. The number of pyridine rings is 1. The van der Waals surface area contributed by atoms with E-state index in [-0.39, 0.29) is 11.8 Å². The molecule has 31 heavy (non-hydrogen) atoms. The van der Waals surface area contributed by atoms with Gasteiger partial charge in [0.25, 0.3) is 11.8 Å². The molecule has 0 saturated carbocycles. The van der Waals surface area contributed by atoms with Crippen LogP contribution in [0.15, 0.2) is 79.1 Å². The van der Waals surface area contributed by atoms with Crippen molar-refractivity contribution in [1.82, 2.24) is 15.6 Å². The third-order valence-electron chi connectivity index (χ3n) is 5.10. The number of nitrogens with zero attached hydrogens (tertiary/aromatic N) is 1. The van der Waals surface area contributed by atoms with Crippen LogP contribution in [-0.2, 0) is 12.8 Å². The summed E-state index contributed by atoms with van der Waals surface area (Å²) in [6.07, 6.45) is 7.58. The topological polar surface area (TPSA) is 71.1 Å². The minimum Gasteiger partial charge on any atom is -0.352 e. The number of hydrogen-bond acceptors (Lipinski definition) is 3. The number of hydrogen-bond donors (Lipinski definition) is 2. The molecule has 1 aromatic heterocycles. The number of nitrogens with one attached hydrogen (secondary N) is 2.